The van der Waals surface area contributed by atoms with Gasteiger partial charge in [-0.15, -0.1) is 0 Å². The number of nitrogens with one attached hydrogen (secondary N) is 2. The van der Waals surface area contributed by atoms with Gasteiger partial charge in [-0.3, -0.25) is 0 Å². The van der Waals surface area contributed by atoms with Crippen molar-refractivity contribution in [2.45, 2.75) is 39.0 Å². The third-order valence-corrected chi connectivity index (χ3v) is 3.34. The second-order valence-corrected chi connectivity index (χ2v) is 4.89. The zero-order valence-corrected chi connectivity index (χ0v) is 11.9. The van der Waals surface area contributed by atoms with Crippen LogP contribution in [-0.4, -0.2) is 12.6 Å². The monoisotopic (exact) mass is 274 g/mol. The van der Waals surface area contributed by atoms with E-state index in [1.165, 1.54) is 24.8 Å². The Morgan fingerprint density at radius 1 is 1.25 bits per heavy atom. The highest BCUT2D eigenvalue weighted by Gasteiger charge is 2.08. The maximum atomic E-state index is 11.9. The molecule has 0 heterocycles. The Morgan fingerprint density at radius 3 is 2.75 bits per heavy atom. The van der Waals surface area contributed by atoms with E-state index in [-0.39, 0.29) is 6.03 Å². The molecule has 0 aromatic heterocycles. The van der Waals surface area contributed by atoms with E-state index in [0.29, 0.717) is 18.0 Å². The number of anilines is 1. The number of allylic oxidation sites excluding steroid dienone is 1. The van der Waals surface area contributed by atoms with E-state index in [2.05, 4.69) is 10.6 Å². The van der Waals surface area contributed by atoms with Gasteiger partial charge in [0.2, 0.25) is 0 Å². The van der Waals surface area contributed by atoms with E-state index in [4.69, 9.17) is 4.74 Å². The van der Waals surface area contributed by atoms with Crippen LogP contribution in [0.2, 0.25) is 0 Å². The van der Waals surface area contributed by atoms with Crippen molar-refractivity contribution < 1.29 is 9.53 Å². The van der Waals surface area contributed by atoms with Crippen LogP contribution in [0.25, 0.3) is 0 Å². The SMILES string of the molecule is CCOc1ccccc1NC(=O)NC=C1CCCCC1. The van der Waals surface area contributed by atoms with Gasteiger partial charge in [0.15, 0.2) is 0 Å². The molecule has 1 fully saturated rings. The Balaban J connectivity index is 1.91. The molecule has 0 atom stereocenters. The first-order valence-electron chi connectivity index (χ1n) is 7.27. The lowest BCUT2D eigenvalue weighted by atomic mass is 9.96. The van der Waals surface area contributed by atoms with Crippen LogP contribution in [0, 0.1) is 0 Å². The lowest BCUT2D eigenvalue weighted by Gasteiger charge is -2.14. The van der Waals surface area contributed by atoms with Gasteiger partial charge in [0.1, 0.15) is 5.75 Å². The molecule has 0 bridgehead atoms. The van der Waals surface area contributed by atoms with Gasteiger partial charge < -0.3 is 15.4 Å². The number of para-hydroxylation sites is 2. The summed E-state index contributed by atoms with van der Waals surface area (Å²) in [5.74, 6) is 0.690. The molecule has 2 amide bonds. The predicted octanol–water partition coefficient (Wildman–Crippen LogP) is 4.05. The molecule has 4 nitrogen and oxygen atoms in total. The van der Waals surface area contributed by atoms with E-state index >= 15 is 0 Å². The number of urea groups is 1. The van der Waals surface area contributed by atoms with Gasteiger partial charge >= 0.3 is 6.03 Å². The first kappa shape index (κ1) is 14.4. The van der Waals surface area contributed by atoms with Gasteiger partial charge in [0.05, 0.1) is 12.3 Å². The van der Waals surface area contributed by atoms with Crippen molar-refractivity contribution in [2.24, 2.45) is 0 Å². The highest BCUT2D eigenvalue weighted by molar-refractivity contribution is 5.91. The highest BCUT2D eigenvalue weighted by atomic mass is 16.5. The molecule has 1 aliphatic rings. The maximum absolute atomic E-state index is 11.9. The molecule has 2 N–H and O–H groups in total. The number of rotatable bonds is 4. The van der Waals surface area contributed by atoms with Crippen LogP contribution in [0.3, 0.4) is 0 Å². The average molecular weight is 274 g/mol. The van der Waals surface area contributed by atoms with Crippen LogP contribution in [0.15, 0.2) is 36.0 Å². The van der Waals surface area contributed by atoms with Crippen LogP contribution in [0.4, 0.5) is 10.5 Å². The van der Waals surface area contributed by atoms with Crippen LogP contribution in [0.1, 0.15) is 39.0 Å². The summed E-state index contributed by atoms with van der Waals surface area (Å²) in [5, 5.41) is 5.62. The van der Waals surface area contributed by atoms with Crippen molar-refractivity contribution >= 4 is 11.7 Å². The normalized spacial score (nSPS) is 14.6. The molecule has 1 aromatic rings. The van der Waals surface area contributed by atoms with Gasteiger partial charge in [0.25, 0.3) is 0 Å². The molecule has 2 rings (SSSR count). The van der Waals surface area contributed by atoms with Crippen molar-refractivity contribution in [1.29, 1.82) is 0 Å². The van der Waals surface area contributed by atoms with Crippen molar-refractivity contribution in [3.63, 3.8) is 0 Å². The molecule has 0 spiro atoms. The molecule has 0 saturated heterocycles. The predicted molar refractivity (Wildman–Crippen MR) is 80.9 cm³/mol. The Hall–Kier alpha value is -1.97. The molecular formula is C16H22N2O2. The minimum absolute atomic E-state index is 0.227. The van der Waals surface area contributed by atoms with Crippen molar-refractivity contribution in [3.05, 3.63) is 36.0 Å². The first-order chi connectivity index (χ1) is 9.79. The Morgan fingerprint density at radius 2 is 2.00 bits per heavy atom. The molecule has 0 unspecified atom stereocenters. The van der Waals surface area contributed by atoms with Gasteiger partial charge in [-0.05, 0) is 44.7 Å². The lowest BCUT2D eigenvalue weighted by Crippen LogP contribution is -2.25. The molecule has 1 aromatic carbocycles. The Bertz CT molecular complexity index is 475. The number of amides is 2. The number of carbonyl (C=O) groups excluding carboxylic acids is 1. The van der Waals surface area contributed by atoms with Crippen molar-refractivity contribution in [2.75, 3.05) is 11.9 Å². The fraction of sp³-hybridized carbons (Fsp3) is 0.438. The third kappa shape index (κ3) is 4.30. The second kappa shape index (κ2) is 7.58. The van der Waals surface area contributed by atoms with E-state index in [1.54, 1.807) is 0 Å². The van der Waals surface area contributed by atoms with Crippen LogP contribution < -0.4 is 15.4 Å². The molecular weight excluding hydrogens is 252 g/mol. The molecule has 20 heavy (non-hydrogen) atoms. The molecule has 0 aliphatic heterocycles. The second-order valence-electron chi connectivity index (χ2n) is 4.89. The molecule has 1 aliphatic carbocycles. The van der Waals surface area contributed by atoms with Gasteiger partial charge in [-0.25, -0.2) is 4.79 Å². The fourth-order valence-corrected chi connectivity index (χ4v) is 2.33. The van der Waals surface area contributed by atoms with Crippen LogP contribution in [-0.2, 0) is 0 Å². The topological polar surface area (TPSA) is 50.4 Å². The zero-order chi connectivity index (χ0) is 14.2. The number of ether oxygens (including phenoxy) is 1. The van der Waals surface area contributed by atoms with Crippen molar-refractivity contribution in [3.8, 4) is 5.75 Å². The third-order valence-electron chi connectivity index (χ3n) is 3.34. The van der Waals surface area contributed by atoms with Crippen LogP contribution in [0.5, 0.6) is 5.75 Å². The van der Waals surface area contributed by atoms with Crippen molar-refractivity contribution in [1.82, 2.24) is 5.32 Å². The van der Waals surface area contributed by atoms with Gasteiger partial charge in [-0.1, -0.05) is 24.1 Å². The first-order valence-corrected chi connectivity index (χ1v) is 7.27. The largest absolute Gasteiger partial charge is 0.492 e. The zero-order valence-electron chi connectivity index (χ0n) is 11.9. The summed E-state index contributed by atoms with van der Waals surface area (Å²) in [6.07, 6.45) is 7.78. The number of hydrogen-bond acceptors (Lipinski definition) is 2. The highest BCUT2D eigenvalue weighted by Crippen LogP contribution is 2.24. The van der Waals surface area contributed by atoms with E-state index in [1.807, 2.05) is 37.4 Å². The summed E-state index contributed by atoms with van der Waals surface area (Å²) in [6, 6.07) is 7.21. The number of benzene rings is 1. The minimum Gasteiger partial charge on any atom is -0.492 e. The number of carbonyl (C=O) groups is 1. The van der Waals surface area contributed by atoms with E-state index in [9.17, 15) is 4.79 Å². The molecule has 108 valence electrons. The lowest BCUT2D eigenvalue weighted by molar-refractivity contribution is 0.254. The number of hydrogen-bond donors (Lipinski definition) is 2. The summed E-state index contributed by atoms with van der Waals surface area (Å²) in [5.41, 5.74) is 2.01. The Labute approximate surface area is 120 Å². The van der Waals surface area contributed by atoms with Gasteiger partial charge in [-0.2, -0.15) is 0 Å². The smallest absolute Gasteiger partial charge is 0.323 e. The molecule has 1 saturated carbocycles. The molecule has 0 radical (unpaired) electrons. The average Bonchev–Trinajstić information content (AvgIpc) is 2.49. The Kier molecular flexibility index (Phi) is 5.47. The standard InChI is InChI=1S/C16H22N2O2/c1-2-20-15-11-7-6-10-14(15)18-16(19)17-12-13-8-4-3-5-9-13/h6-7,10-12H,2-5,8-9H2,1H3,(H2,17,18,19). The summed E-state index contributed by atoms with van der Waals surface area (Å²) in [4.78, 5) is 11.9. The van der Waals surface area contributed by atoms with E-state index < -0.39 is 0 Å². The quantitative estimate of drug-likeness (QED) is 0.870. The van der Waals surface area contributed by atoms with E-state index in [0.717, 1.165) is 12.8 Å². The minimum atomic E-state index is -0.227. The molecule has 4 heteroatoms. The summed E-state index contributed by atoms with van der Waals surface area (Å²) in [6.45, 7) is 2.49. The fourth-order valence-electron chi connectivity index (χ4n) is 2.33. The summed E-state index contributed by atoms with van der Waals surface area (Å²) in [7, 11) is 0. The maximum Gasteiger partial charge on any atom is 0.323 e. The summed E-state index contributed by atoms with van der Waals surface area (Å²) >= 11 is 0. The van der Waals surface area contributed by atoms with Crippen LogP contribution >= 0.6 is 0 Å². The van der Waals surface area contributed by atoms with Gasteiger partial charge in [0, 0.05) is 6.20 Å². The summed E-state index contributed by atoms with van der Waals surface area (Å²) < 4.78 is 5.47.